The zero-order valence-electron chi connectivity index (χ0n) is 23.0. The van der Waals surface area contributed by atoms with Gasteiger partial charge in [0.2, 0.25) is 0 Å². The highest BCUT2D eigenvalue weighted by molar-refractivity contribution is 5.92. The Morgan fingerprint density at radius 2 is 0.956 bits per heavy atom. The van der Waals surface area contributed by atoms with Gasteiger partial charge in [-0.25, -0.2) is 38.5 Å². The summed E-state index contributed by atoms with van der Waals surface area (Å²) in [4.78, 5) is 85.9. The van der Waals surface area contributed by atoms with E-state index < -0.39 is 36.2 Å². The van der Waals surface area contributed by atoms with Crippen LogP contribution in [0.4, 0.5) is 9.59 Å². The van der Waals surface area contributed by atoms with E-state index in [1.165, 1.54) is 66.7 Å². The summed E-state index contributed by atoms with van der Waals surface area (Å²) >= 11 is 0. The van der Waals surface area contributed by atoms with Crippen molar-refractivity contribution in [3.8, 4) is 23.0 Å². The van der Waals surface area contributed by atoms with Crippen molar-refractivity contribution in [1.29, 1.82) is 0 Å². The SMILES string of the molecule is C=CC(=O)OOOC(=O)Oc1ccc(C(=O)Oc2ccc(OC(=O)c3ccc(OC(=O)OOOC(=O)C=C)cc3)c(C)c2)cc1. The molecule has 0 saturated carbocycles. The summed E-state index contributed by atoms with van der Waals surface area (Å²) in [6, 6.07) is 14.6. The molecule has 0 bridgehead atoms. The van der Waals surface area contributed by atoms with Crippen molar-refractivity contribution in [1.82, 2.24) is 0 Å². The minimum atomic E-state index is -1.36. The first-order valence-corrected chi connectivity index (χ1v) is 12.1. The molecule has 0 aliphatic rings. The molecular weight excluding hydrogens is 604 g/mol. The predicted molar refractivity (Wildman–Crippen MR) is 143 cm³/mol. The molecule has 0 aliphatic heterocycles. The molecule has 0 aliphatic carbocycles. The highest BCUT2D eigenvalue weighted by atomic mass is 17.5. The third kappa shape index (κ3) is 10.7. The molecule has 0 amide bonds. The average molecular weight is 624 g/mol. The second kappa shape index (κ2) is 16.2. The second-order valence-electron chi connectivity index (χ2n) is 7.97. The summed E-state index contributed by atoms with van der Waals surface area (Å²) in [7, 11) is 0. The molecule has 0 fully saturated rings. The lowest BCUT2D eigenvalue weighted by Crippen LogP contribution is -2.13. The van der Waals surface area contributed by atoms with Crippen molar-refractivity contribution in [3.63, 3.8) is 0 Å². The lowest BCUT2D eigenvalue weighted by Gasteiger charge is -2.10. The minimum absolute atomic E-state index is 0.0273. The maximum absolute atomic E-state index is 12.6. The summed E-state index contributed by atoms with van der Waals surface area (Å²) in [5.41, 5.74) is 0.660. The Bertz CT molecular complexity index is 1590. The molecule has 0 aromatic heterocycles. The highest BCUT2D eigenvalue weighted by Gasteiger charge is 2.16. The predicted octanol–water partition coefficient (Wildman–Crippen LogP) is 4.62. The van der Waals surface area contributed by atoms with Gasteiger partial charge in [-0.15, -0.1) is 0 Å². The van der Waals surface area contributed by atoms with E-state index in [4.69, 9.17) is 18.9 Å². The zero-order valence-corrected chi connectivity index (χ0v) is 23.0. The molecule has 0 heterocycles. The van der Waals surface area contributed by atoms with E-state index in [0.29, 0.717) is 5.56 Å². The van der Waals surface area contributed by atoms with Gasteiger partial charge in [-0.1, -0.05) is 13.2 Å². The Balaban J connectivity index is 1.49. The van der Waals surface area contributed by atoms with Crippen LogP contribution in [0.1, 0.15) is 26.3 Å². The lowest BCUT2D eigenvalue weighted by molar-refractivity contribution is -0.455. The van der Waals surface area contributed by atoms with Gasteiger partial charge in [-0.05, 0) is 79.2 Å². The molecule has 3 aromatic rings. The molecule has 0 N–H and O–H groups in total. The number of benzene rings is 3. The minimum Gasteiger partial charge on any atom is -0.423 e. The van der Waals surface area contributed by atoms with Crippen molar-refractivity contribution >= 4 is 36.2 Å². The third-order valence-electron chi connectivity index (χ3n) is 4.91. The van der Waals surface area contributed by atoms with Gasteiger partial charge in [-0.2, -0.15) is 0 Å². The molecule has 3 rings (SSSR count). The van der Waals surface area contributed by atoms with Crippen LogP contribution in [-0.4, -0.2) is 36.2 Å². The van der Waals surface area contributed by atoms with Crippen LogP contribution >= 0.6 is 0 Å². The third-order valence-corrected chi connectivity index (χ3v) is 4.91. The van der Waals surface area contributed by atoms with E-state index in [2.05, 4.69) is 42.8 Å². The van der Waals surface area contributed by atoms with Crippen LogP contribution in [0.5, 0.6) is 23.0 Å². The number of rotatable bonds is 12. The summed E-state index contributed by atoms with van der Waals surface area (Å²) in [6.45, 7) is 7.84. The number of esters is 2. The number of carbonyl (C=O) groups excluding carboxylic acids is 6. The Morgan fingerprint density at radius 1 is 0.533 bits per heavy atom. The van der Waals surface area contributed by atoms with Crippen LogP contribution in [0.15, 0.2) is 92.0 Å². The Labute approximate surface area is 252 Å². The molecule has 16 heteroatoms. The Hall–Kier alpha value is -6.52. The van der Waals surface area contributed by atoms with Crippen LogP contribution in [0.3, 0.4) is 0 Å². The van der Waals surface area contributed by atoms with Gasteiger partial charge >= 0.3 is 36.2 Å². The molecule has 0 saturated heterocycles. The van der Waals surface area contributed by atoms with E-state index in [0.717, 1.165) is 12.2 Å². The van der Waals surface area contributed by atoms with Crippen molar-refractivity contribution in [3.05, 3.63) is 109 Å². The van der Waals surface area contributed by atoms with Crippen molar-refractivity contribution in [2.45, 2.75) is 6.92 Å². The van der Waals surface area contributed by atoms with Crippen LogP contribution in [0, 0.1) is 6.92 Å². The first kappa shape index (κ1) is 33.0. The van der Waals surface area contributed by atoms with Crippen molar-refractivity contribution in [2.75, 3.05) is 0 Å². The van der Waals surface area contributed by atoms with Crippen LogP contribution in [0.25, 0.3) is 0 Å². The average Bonchev–Trinajstić information content (AvgIpc) is 3.02. The van der Waals surface area contributed by atoms with Gasteiger partial charge in [0.05, 0.1) is 21.2 Å². The van der Waals surface area contributed by atoms with Crippen molar-refractivity contribution in [2.24, 2.45) is 0 Å². The smallest absolute Gasteiger partial charge is 0.423 e. The fourth-order valence-corrected chi connectivity index (χ4v) is 2.89. The fraction of sp³-hybridized carbons (Fsp3) is 0.0345. The number of hydrogen-bond acceptors (Lipinski definition) is 16. The van der Waals surface area contributed by atoms with Crippen molar-refractivity contribution < 1.29 is 77.3 Å². The largest absolute Gasteiger partial charge is 0.548 e. The summed E-state index contributed by atoms with van der Waals surface area (Å²) < 4.78 is 20.3. The van der Waals surface area contributed by atoms with Gasteiger partial charge in [-0.3, -0.25) is 9.78 Å². The quantitative estimate of drug-likeness (QED) is 0.0675. The van der Waals surface area contributed by atoms with E-state index in [-0.39, 0.29) is 34.1 Å². The van der Waals surface area contributed by atoms with Gasteiger partial charge < -0.3 is 18.9 Å². The maximum Gasteiger partial charge on any atom is 0.548 e. The zero-order chi connectivity index (χ0) is 32.8. The normalized spacial score (nSPS) is 9.89. The Kier molecular flexibility index (Phi) is 11.9. The molecule has 0 radical (unpaired) electrons. The van der Waals surface area contributed by atoms with Gasteiger partial charge in [0.15, 0.2) is 0 Å². The van der Waals surface area contributed by atoms with Crippen LogP contribution in [-0.2, 0) is 39.2 Å². The number of ether oxygens (including phenoxy) is 4. The molecule has 45 heavy (non-hydrogen) atoms. The highest BCUT2D eigenvalue weighted by Crippen LogP contribution is 2.26. The molecule has 3 aromatic carbocycles. The van der Waals surface area contributed by atoms with Gasteiger partial charge in [0, 0.05) is 12.2 Å². The number of aryl methyl sites for hydroxylation is 1. The van der Waals surface area contributed by atoms with Crippen LogP contribution < -0.4 is 18.9 Å². The summed E-state index contributed by atoms with van der Waals surface area (Å²) in [6.07, 6.45) is -1.17. The Morgan fingerprint density at radius 3 is 1.38 bits per heavy atom. The standard InChI is InChI=1S/C29H20O16/c1-4-24(30)40-44-42-28(34)37-20-10-6-18(7-11-20)26(32)36-22-14-15-23(17(3)16-22)39-27(33)19-8-12-21(13-9-19)38-29(35)43-45-41-25(31)5-2/h4-16H,1-2H2,3H3. The maximum atomic E-state index is 12.6. The number of carbonyl (C=O) groups is 6. The van der Waals surface area contributed by atoms with E-state index >= 15 is 0 Å². The first-order chi connectivity index (χ1) is 21.6. The number of hydrogen-bond donors (Lipinski definition) is 0. The first-order valence-electron chi connectivity index (χ1n) is 12.1. The second-order valence-corrected chi connectivity index (χ2v) is 7.97. The molecular formula is C29H20O16. The summed E-state index contributed by atoms with van der Waals surface area (Å²) in [5.74, 6) is -3.23. The molecule has 16 nitrogen and oxygen atoms in total. The molecule has 0 spiro atoms. The summed E-state index contributed by atoms with van der Waals surface area (Å²) in [5, 5.41) is 7.83. The van der Waals surface area contributed by atoms with Gasteiger partial charge in [0.25, 0.3) is 0 Å². The topological polar surface area (TPSA) is 195 Å². The molecule has 0 unspecified atom stereocenters. The van der Waals surface area contributed by atoms with Crippen LogP contribution in [0.2, 0.25) is 0 Å². The molecule has 232 valence electrons. The monoisotopic (exact) mass is 624 g/mol. The molecule has 0 atom stereocenters. The fourth-order valence-electron chi connectivity index (χ4n) is 2.89. The van der Waals surface area contributed by atoms with Gasteiger partial charge in [0.1, 0.15) is 23.0 Å². The lowest BCUT2D eigenvalue weighted by atomic mass is 10.2. The van der Waals surface area contributed by atoms with E-state index in [1.54, 1.807) is 6.92 Å². The van der Waals surface area contributed by atoms with E-state index in [1.807, 2.05) is 0 Å². The van der Waals surface area contributed by atoms with E-state index in [9.17, 15) is 28.8 Å².